The normalized spacial score (nSPS) is 17.1. The molecule has 0 radical (unpaired) electrons. The highest BCUT2D eigenvalue weighted by Gasteiger charge is 2.28. The third kappa shape index (κ3) is 5.26. The third-order valence-corrected chi connectivity index (χ3v) is 3.27. The standard InChI is InChI=1S/C17H22N2O5/c1-17(2,3)24-16(22)18-10-11-5-4-6-12(9-11)14(20)19-13-7-8-23-15(13)21/h4-6,9,13H,7-8,10H2,1-3H3,(H,18,22)(H,19,20). The lowest BCUT2D eigenvalue weighted by atomic mass is 10.1. The Morgan fingerprint density at radius 2 is 2.08 bits per heavy atom. The van der Waals surface area contributed by atoms with Crippen LogP contribution in [0.4, 0.5) is 4.79 Å². The Morgan fingerprint density at radius 3 is 2.71 bits per heavy atom. The molecule has 130 valence electrons. The number of rotatable bonds is 4. The smallest absolute Gasteiger partial charge is 0.407 e. The molecule has 1 fully saturated rings. The Hall–Kier alpha value is -2.57. The number of benzene rings is 1. The summed E-state index contributed by atoms with van der Waals surface area (Å²) in [7, 11) is 0. The van der Waals surface area contributed by atoms with Gasteiger partial charge in [-0.15, -0.1) is 0 Å². The molecule has 7 nitrogen and oxygen atoms in total. The molecule has 1 aliphatic rings. The van der Waals surface area contributed by atoms with E-state index in [4.69, 9.17) is 9.47 Å². The van der Waals surface area contributed by atoms with Crippen LogP contribution in [0.25, 0.3) is 0 Å². The molecule has 0 spiro atoms. The molecule has 1 atom stereocenters. The summed E-state index contributed by atoms with van der Waals surface area (Å²) >= 11 is 0. The lowest BCUT2D eigenvalue weighted by Gasteiger charge is -2.19. The van der Waals surface area contributed by atoms with E-state index in [9.17, 15) is 14.4 Å². The Bertz CT molecular complexity index is 636. The van der Waals surface area contributed by atoms with Gasteiger partial charge in [0.05, 0.1) is 6.61 Å². The fraction of sp³-hybridized carbons (Fsp3) is 0.471. The van der Waals surface area contributed by atoms with Gasteiger partial charge in [-0.1, -0.05) is 12.1 Å². The molecule has 0 saturated carbocycles. The molecule has 0 aliphatic carbocycles. The van der Waals surface area contributed by atoms with E-state index in [1.807, 2.05) is 0 Å². The number of esters is 1. The summed E-state index contributed by atoms with van der Waals surface area (Å²) in [5, 5.41) is 5.28. The van der Waals surface area contributed by atoms with Gasteiger partial charge in [0, 0.05) is 18.5 Å². The van der Waals surface area contributed by atoms with Crippen LogP contribution in [0, 0.1) is 0 Å². The maximum Gasteiger partial charge on any atom is 0.407 e. The molecule has 1 saturated heterocycles. The first-order valence-corrected chi connectivity index (χ1v) is 7.78. The van der Waals surface area contributed by atoms with Crippen molar-refractivity contribution in [2.45, 2.75) is 45.4 Å². The molecule has 2 rings (SSSR count). The molecule has 1 aromatic rings. The average molecular weight is 334 g/mol. The van der Waals surface area contributed by atoms with Gasteiger partial charge in [-0.25, -0.2) is 9.59 Å². The second-order valence-electron chi connectivity index (χ2n) is 6.54. The maximum absolute atomic E-state index is 12.2. The van der Waals surface area contributed by atoms with Crippen molar-refractivity contribution in [3.05, 3.63) is 35.4 Å². The van der Waals surface area contributed by atoms with Gasteiger partial charge in [-0.3, -0.25) is 4.79 Å². The highest BCUT2D eigenvalue weighted by molar-refractivity contribution is 5.97. The van der Waals surface area contributed by atoms with Crippen molar-refractivity contribution in [1.82, 2.24) is 10.6 Å². The predicted octanol–water partition coefficient (Wildman–Crippen LogP) is 1.76. The van der Waals surface area contributed by atoms with Gasteiger partial charge in [0.1, 0.15) is 11.6 Å². The first kappa shape index (κ1) is 17.8. The van der Waals surface area contributed by atoms with Crippen molar-refractivity contribution < 1.29 is 23.9 Å². The number of cyclic esters (lactones) is 1. The number of alkyl carbamates (subject to hydrolysis) is 1. The summed E-state index contributed by atoms with van der Waals surface area (Å²) in [5.74, 6) is -0.760. The number of carbonyl (C=O) groups excluding carboxylic acids is 3. The van der Waals surface area contributed by atoms with Crippen molar-refractivity contribution in [2.24, 2.45) is 0 Å². The topological polar surface area (TPSA) is 93.7 Å². The van der Waals surface area contributed by atoms with E-state index in [2.05, 4.69) is 10.6 Å². The number of nitrogens with one attached hydrogen (secondary N) is 2. The number of carbonyl (C=O) groups is 3. The third-order valence-electron chi connectivity index (χ3n) is 3.27. The van der Waals surface area contributed by atoms with E-state index in [1.165, 1.54) is 0 Å². The molecule has 2 amide bonds. The van der Waals surface area contributed by atoms with E-state index >= 15 is 0 Å². The van der Waals surface area contributed by atoms with Crippen LogP contribution in [-0.4, -0.2) is 36.2 Å². The van der Waals surface area contributed by atoms with Gasteiger partial charge in [0.15, 0.2) is 0 Å². The minimum absolute atomic E-state index is 0.238. The highest BCUT2D eigenvalue weighted by Crippen LogP contribution is 2.10. The fourth-order valence-corrected chi connectivity index (χ4v) is 2.18. The zero-order valence-corrected chi connectivity index (χ0v) is 14.0. The quantitative estimate of drug-likeness (QED) is 0.818. The van der Waals surface area contributed by atoms with Crippen LogP contribution in [0.15, 0.2) is 24.3 Å². The second kappa shape index (κ2) is 7.33. The molecule has 0 aromatic heterocycles. The van der Waals surface area contributed by atoms with Crippen LogP contribution < -0.4 is 10.6 Å². The molecule has 24 heavy (non-hydrogen) atoms. The van der Waals surface area contributed by atoms with Crippen LogP contribution in [0.5, 0.6) is 0 Å². The van der Waals surface area contributed by atoms with E-state index < -0.39 is 23.7 Å². The van der Waals surface area contributed by atoms with Gasteiger partial charge >= 0.3 is 12.1 Å². The minimum Gasteiger partial charge on any atom is -0.464 e. The van der Waals surface area contributed by atoms with Crippen molar-refractivity contribution in [2.75, 3.05) is 6.61 Å². The molecule has 0 bridgehead atoms. The number of hydrogen-bond donors (Lipinski definition) is 2. The van der Waals surface area contributed by atoms with Gasteiger partial charge in [-0.2, -0.15) is 0 Å². The average Bonchev–Trinajstić information content (AvgIpc) is 2.89. The zero-order valence-electron chi connectivity index (χ0n) is 14.0. The van der Waals surface area contributed by atoms with Gasteiger partial charge in [-0.05, 0) is 38.5 Å². The number of hydrogen-bond acceptors (Lipinski definition) is 5. The molecule has 1 unspecified atom stereocenters. The van der Waals surface area contributed by atoms with Crippen LogP contribution in [0.3, 0.4) is 0 Å². The first-order valence-electron chi connectivity index (χ1n) is 7.78. The SMILES string of the molecule is CC(C)(C)OC(=O)NCc1cccc(C(=O)NC2CCOC2=O)c1. The summed E-state index contributed by atoms with van der Waals surface area (Å²) in [5.41, 5.74) is 0.600. The van der Waals surface area contributed by atoms with Crippen molar-refractivity contribution in [1.29, 1.82) is 0 Å². The summed E-state index contributed by atoms with van der Waals surface area (Å²) in [6, 6.07) is 6.21. The first-order chi connectivity index (χ1) is 11.2. The largest absolute Gasteiger partial charge is 0.464 e. The predicted molar refractivity (Wildman–Crippen MR) is 86.3 cm³/mol. The number of amides is 2. The molecule has 2 N–H and O–H groups in total. The van der Waals surface area contributed by atoms with Crippen molar-refractivity contribution in [3.8, 4) is 0 Å². The van der Waals surface area contributed by atoms with Crippen LogP contribution >= 0.6 is 0 Å². The number of ether oxygens (including phenoxy) is 2. The Balaban J connectivity index is 1.92. The monoisotopic (exact) mass is 334 g/mol. The van der Waals surface area contributed by atoms with E-state index in [0.29, 0.717) is 18.6 Å². The second-order valence-corrected chi connectivity index (χ2v) is 6.54. The molecule has 1 aromatic carbocycles. The van der Waals surface area contributed by atoms with E-state index in [1.54, 1.807) is 45.0 Å². The van der Waals surface area contributed by atoms with E-state index in [-0.39, 0.29) is 12.5 Å². The fourth-order valence-electron chi connectivity index (χ4n) is 2.18. The zero-order chi connectivity index (χ0) is 17.7. The van der Waals surface area contributed by atoms with Crippen molar-refractivity contribution >= 4 is 18.0 Å². The lowest BCUT2D eigenvalue weighted by Crippen LogP contribution is -2.38. The molecular formula is C17H22N2O5. The molecule has 1 aliphatic heterocycles. The summed E-state index contributed by atoms with van der Waals surface area (Å²) in [6.45, 7) is 5.91. The van der Waals surface area contributed by atoms with Gasteiger partial charge in [0.2, 0.25) is 0 Å². The summed E-state index contributed by atoms with van der Waals surface area (Å²) in [6.07, 6.45) is -0.0455. The Morgan fingerprint density at radius 1 is 1.33 bits per heavy atom. The van der Waals surface area contributed by atoms with Gasteiger partial charge in [0.25, 0.3) is 5.91 Å². The van der Waals surface area contributed by atoms with E-state index in [0.717, 1.165) is 5.56 Å². The maximum atomic E-state index is 12.2. The Labute approximate surface area is 140 Å². The highest BCUT2D eigenvalue weighted by atomic mass is 16.6. The van der Waals surface area contributed by atoms with Crippen molar-refractivity contribution in [3.63, 3.8) is 0 Å². The van der Waals surface area contributed by atoms with Crippen LogP contribution in [0.1, 0.15) is 43.1 Å². The van der Waals surface area contributed by atoms with Gasteiger partial charge < -0.3 is 20.1 Å². The minimum atomic E-state index is -0.596. The summed E-state index contributed by atoms with van der Waals surface area (Å²) in [4.78, 5) is 35.2. The molecule has 7 heteroatoms. The van der Waals surface area contributed by atoms with Crippen LogP contribution in [-0.2, 0) is 20.8 Å². The summed E-state index contributed by atoms with van der Waals surface area (Å²) < 4.78 is 9.97. The lowest BCUT2D eigenvalue weighted by molar-refractivity contribution is -0.139. The molecular weight excluding hydrogens is 312 g/mol. The molecule has 1 heterocycles. The Kier molecular flexibility index (Phi) is 5.43. The van der Waals surface area contributed by atoms with Crippen LogP contribution in [0.2, 0.25) is 0 Å².